The second-order valence-corrected chi connectivity index (χ2v) is 14.0. The highest BCUT2D eigenvalue weighted by Crippen LogP contribution is 2.86. The third kappa shape index (κ3) is 4.79. The van der Waals surface area contributed by atoms with Gasteiger partial charge in [-0.25, -0.2) is 0 Å². The number of rotatable bonds is 4. The normalized spacial score (nSPS) is 23.8. The fraction of sp³-hybridized carbons (Fsp3) is 1.00. The van der Waals surface area contributed by atoms with E-state index in [1.807, 2.05) is 0 Å². The molecular weight excluding hydrogens is 480 g/mol. The van der Waals surface area contributed by atoms with Crippen LogP contribution in [0.2, 0.25) is 0 Å². The molecule has 0 aliphatic carbocycles. The monoisotopic (exact) mass is 506 g/mol. The van der Waals surface area contributed by atoms with Gasteiger partial charge in [0.1, 0.15) is 0 Å². The zero-order chi connectivity index (χ0) is 22.9. The Morgan fingerprint density at radius 2 is 1.03 bits per heavy atom. The van der Waals surface area contributed by atoms with Crippen molar-refractivity contribution in [3.63, 3.8) is 0 Å². The van der Waals surface area contributed by atoms with Crippen LogP contribution in [-0.4, -0.2) is 100 Å². The molecule has 0 bridgehead atoms. The lowest BCUT2D eigenvalue weighted by atomic mass is 10.4. The van der Waals surface area contributed by atoms with Crippen molar-refractivity contribution in [3.05, 3.63) is 0 Å². The number of nitrogens with one attached hydrogen (secondary N) is 3. The smallest absolute Gasteiger partial charge is 0.323 e. The first-order valence-electron chi connectivity index (χ1n) is 7.98. The molecule has 0 atom stereocenters. The van der Waals surface area contributed by atoms with Crippen molar-refractivity contribution in [3.8, 4) is 0 Å². The molecule has 1 saturated heterocycles. The minimum absolute atomic E-state index is 0.182. The molecule has 1 aliphatic heterocycles. The van der Waals surface area contributed by atoms with E-state index < -0.39 is 53.5 Å². The van der Waals surface area contributed by atoms with E-state index in [4.69, 9.17) is 0 Å². The van der Waals surface area contributed by atoms with Gasteiger partial charge in [0.15, 0.2) is 0 Å². The van der Waals surface area contributed by atoms with Crippen LogP contribution in [-0.2, 0) is 18.3 Å². The Kier molecular flexibility index (Phi) is 8.65. The molecule has 0 aromatic heterocycles. The van der Waals surface area contributed by atoms with Crippen LogP contribution in [0, 0.1) is 0 Å². The zero-order valence-electron chi connectivity index (χ0n) is 15.2. The van der Waals surface area contributed by atoms with Crippen LogP contribution in [0.5, 0.6) is 0 Å². The van der Waals surface area contributed by atoms with E-state index in [2.05, 4.69) is 10.6 Å². The van der Waals surface area contributed by atoms with Crippen molar-refractivity contribution < 1.29 is 57.4 Å². The SMILES string of the molecule is CN1CCNCCNCCNC(P(=O)(O)O)(P(=O)(O)O)C1(P(=O)(O)O)P(=O)(O)O. The summed E-state index contributed by atoms with van der Waals surface area (Å²) in [6, 6.07) is 0. The fourth-order valence-corrected chi connectivity index (χ4v) is 13.0. The predicted octanol–water partition coefficient (Wildman–Crippen LogP) is -3.28. The summed E-state index contributed by atoms with van der Waals surface area (Å²) < 4.78 is 49.8. The molecule has 1 aliphatic rings. The molecule has 20 heteroatoms. The van der Waals surface area contributed by atoms with Gasteiger partial charge < -0.3 is 49.8 Å². The highest BCUT2D eigenvalue weighted by molar-refractivity contribution is 7.80. The maximum atomic E-state index is 12.5. The maximum Gasteiger partial charge on any atom is 0.361 e. The zero-order valence-corrected chi connectivity index (χ0v) is 18.8. The predicted molar refractivity (Wildman–Crippen MR) is 100 cm³/mol. The summed E-state index contributed by atoms with van der Waals surface area (Å²) in [5, 5.41) is -1.41. The minimum atomic E-state index is -6.40. The summed E-state index contributed by atoms with van der Waals surface area (Å²) in [6.07, 6.45) is 0. The highest BCUT2D eigenvalue weighted by Gasteiger charge is 2.86. The summed E-state index contributed by atoms with van der Waals surface area (Å²) in [5.74, 6) is 0. The van der Waals surface area contributed by atoms with Crippen LogP contribution in [0.1, 0.15) is 0 Å². The van der Waals surface area contributed by atoms with E-state index in [1.54, 1.807) is 5.32 Å². The van der Waals surface area contributed by atoms with Crippen LogP contribution in [0.3, 0.4) is 0 Å². The molecule has 29 heavy (non-hydrogen) atoms. The average molecular weight is 506 g/mol. The third-order valence-electron chi connectivity index (χ3n) is 4.43. The fourth-order valence-electron chi connectivity index (χ4n) is 3.33. The molecule has 0 aromatic rings. The lowest BCUT2D eigenvalue weighted by Gasteiger charge is -2.53. The summed E-state index contributed by atoms with van der Waals surface area (Å²) in [4.78, 5) is 79.8. The number of nitrogens with zero attached hydrogens (tertiary/aromatic N) is 1. The van der Waals surface area contributed by atoms with Gasteiger partial charge in [-0.05, 0) is 7.05 Å². The molecule has 1 heterocycles. The van der Waals surface area contributed by atoms with Crippen LogP contribution < -0.4 is 16.0 Å². The first kappa shape index (κ1) is 27.5. The first-order chi connectivity index (χ1) is 12.9. The molecule has 0 spiro atoms. The third-order valence-corrected chi connectivity index (χ3v) is 13.9. The molecule has 1 rings (SSSR count). The molecule has 11 N–H and O–H groups in total. The molecule has 0 radical (unpaired) electrons. The van der Waals surface area contributed by atoms with E-state index in [-0.39, 0.29) is 18.0 Å². The Hall–Kier alpha value is 0.440. The Balaban J connectivity index is 4.15. The maximum absolute atomic E-state index is 12.5. The van der Waals surface area contributed by atoms with Crippen molar-refractivity contribution >= 4 is 30.4 Å². The molecule has 174 valence electrons. The molecule has 0 unspecified atom stereocenters. The lowest BCUT2D eigenvalue weighted by Crippen LogP contribution is -2.69. The van der Waals surface area contributed by atoms with Gasteiger partial charge in [-0.3, -0.25) is 28.5 Å². The Bertz CT molecular complexity index is 725. The molecule has 0 saturated carbocycles. The van der Waals surface area contributed by atoms with Gasteiger partial charge in [0.2, 0.25) is 0 Å². The van der Waals surface area contributed by atoms with E-state index in [9.17, 15) is 57.4 Å². The van der Waals surface area contributed by atoms with Crippen LogP contribution in [0.15, 0.2) is 0 Å². The van der Waals surface area contributed by atoms with Gasteiger partial charge in [-0.1, -0.05) is 0 Å². The first-order valence-corrected chi connectivity index (χ1v) is 14.4. The quantitative estimate of drug-likeness (QED) is 0.167. The highest BCUT2D eigenvalue weighted by atomic mass is 31.3. The Labute approximate surface area is 165 Å². The Morgan fingerprint density at radius 1 is 0.655 bits per heavy atom. The van der Waals surface area contributed by atoms with E-state index >= 15 is 0 Å². The number of hydrogen-bond donors (Lipinski definition) is 11. The van der Waals surface area contributed by atoms with Gasteiger partial charge in [-0.15, -0.1) is 0 Å². The van der Waals surface area contributed by atoms with E-state index in [0.29, 0.717) is 20.1 Å². The summed E-state index contributed by atoms with van der Waals surface area (Å²) >= 11 is 0. The molecule has 0 aromatic carbocycles. The van der Waals surface area contributed by atoms with Crippen molar-refractivity contribution in [1.82, 2.24) is 20.9 Å². The largest absolute Gasteiger partial charge is 0.361 e. The standard InChI is InChI=1S/C9H26N4O12P4/c1-13-7-6-11-3-2-10-4-5-12-8(26(14,15)16,27(17,18)19)9(13,28(20,21)22)29(23,24)25/h10-12H,2-7H2,1H3,(H2,14,15,16)(H2,17,18,19)(H2,20,21,22)(H2,23,24,25). The number of hydrogen-bond acceptors (Lipinski definition) is 8. The van der Waals surface area contributed by atoms with Crippen molar-refractivity contribution in [2.24, 2.45) is 0 Å². The summed E-state index contributed by atoms with van der Waals surface area (Å²) in [5.41, 5.74) is 0. The Morgan fingerprint density at radius 3 is 1.41 bits per heavy atom. The molecule has 1 fully saturated rings. The van der Waals surface area contributed by atoms with Crippen molar-refractivity contribution in [2.45, 2.75) is 10.0 Å². The van der Waals surface area contributed by atoms with E-state index in [0.717, 1.165) is 0 Å². The average Bonchev–Trinajstić information content (AvgIpc) is 2.45. The second-order valence-electron chi connectivity index (χ2n) is 6.33. The molecular formula is C9H26N4O12P4. The van der Waals surface area contributed by atoms with Gasteiger partial charge >= 0.3 is 30.4 Å². The topological polar surface area (TPSA) is 269 Å². The van der Waals surface area contributed by atoms with Crippen LogP contribution >= 0.6 is 30.4 Å². The van der Waals surface area contributed by atoms with Crippen molar-refractivity contribution in [2.75, 3.05) is 46.3 Å². The van der Waals surface area contributed by atoms with Crippen molar-refractivity contribution in [1.29, 1.82) is 0 Å². The van der Waals surface area contributed by atoms with Gasteiger partial charge in [0.05, 0.1) is 0 Å². The second kappa shape index (κ2) is 9.13. The van der Waals surface area contributed by atoms with Gasteiger partial charge in [0.25, 0.3) is 10.0 Å². The van der Waals surface area contributed by atoms with Crippen LogP contribution in [0.25, 0.3) is 0 Å². The van der Waals surface area contributed by atoms with E-state index in [1.165, 1.54) is 0 Å². The van der Waals surface area contributed by atoms with Gasteiger partial charge in [-0.2, -0.15) is 0 Å². The summed E-state index contributed by atoms with van der Waals surface area (Å²) in [6.45, 7) is -1.07. The summed E-state index contributed by atoms with van der Waals surface area (Å²) in [7, 11) is -24.9. The van der Waals surface area contributed by atoms with Crippen LogP contribution in [0.4, 0.5) is 0 Å². The lowest BCUT2D eigenvalue weighted by molar-refractivity contribution is 0.130. The molecule has 16 nitrogen and oxygen atoms in total. The molecule has 0 amide bonds. The minimum Gasteiger partial charge on any atom is -0.323 e. The van der Waals surface area contributed by atoms with Gasteiger partial charge in [0, 0.05) is 39.3 Å². The number of likely N-dealkylation sites (N-methyl/N-ethyl adjacent to an activating group) is 1.